The van der Waals surface area contributed by atoms with Crippen LogP contribution in [-0.2, 0) is 7.05 Å². The van der Waals surface area contributed by atoms with Crippen LogP contribution in [0.5, 0.6) is 0 Å². The number of unbranched alkanes of at least 4 members (excludes halogenated alkanes) is 1. The Hall–Kier alpha value is -0.710. The zero-order valence-electron chi connectivity index (χ0n) is 10.4. The third-order valence-corrected chi connectivity index (χ3v) is 4.11. The molecule has 1 atom stereocenters. The molecule has 16 heavy (non-hydrogen) atoms. The van der Waals surface area contributed by atoms with Gasteiger partial charge < -0.3 is 5.73 Å². The van der Waals surface area contributed by atoms with E-state index >= 15 is 0 Å². The molecule has 0 aliphatic heterocycles. The second-order valence-corrected chi connectivity index (χ2v) is 5.11. The molecule has 0 aliphatic rings. The van der Waals surface area contributed by atoms with Crippen LogP contribution < -0.4 is 5.73 Å². The summed E-state index contributed by atoms with van der Waals surface area (Å²) in [5.74, 6) is 2.38. The maximum Gasteiger partial charge on any atom is 0.222 e. The molecule has 0 saturated carbocycles. The largest absolute Gasteiger partial charge is 0.368 e. The van der Waals surface area contributed by atoms with Crippen molar-refractivity contribution < 1.29 is 0 Å². The summed E-state index contributed by atoms with van der Waals surface area (Å²) in [5.41, 5.74) is 5.64. The molecule has 0 aromatic carbocycles. The molecule has 92 valence electrons. The van der Waals surface area contributed by atoms with Crippen molar-refractivity contribution in [2.24, 2.45) is 13.0 Å². The second kappa shape index (κ2) is 6.78. The van der Waals surface area contributed by atoms with Crippen molar-refractivity contribution in [1.29, 1.82) is 0 Å². The van der Waals surface area contributed by atoms with Crippen molar-refractivity contribution >= 4 is 17.7 Å². The Morgan fingerprint density at radius 2 is 2.12 bits per heavy atom. The van der Waals surface area contributed by atoms with Gasteiger partial charge in [-0.05, 0) is 12.3 Å². The summed E-state index contributed by atoms with van der Waals surface area (Å²) < 4.78 is 1.84. The van der Waals surface area contributed by atoms with Gasteiger partial charge in [0, 0.05) is 12.8 Å². The van der Waals surface area contributed by atoms with Gasteiger partial charge in [0.1, 0.15) is 0 Å². The molecule has 0 fully saturated rings. The normalized spacial score (nSPS) is 12.9. The fourth-order valence-electron chi connectivity index (χ4n) is 1.54. The van der Waals surface area contributed by atoms with Gasteiger partial charge in [0.25, 0.3) is 0 Å². The lowest BCUT2D eigenvalue weighted by Gasteiger charge is -2.13. The van der Waals surface area contributed by atoms with Crippen LogP contribution in [-0.4, -0.2) is 20.5 Å². The van der Waals surface area contributed by atoms with Gasteiger partial charge in [0.15, 0.2) is 5.16 Å². The quantitative estimate of drug-likeness (QED) is 0.747. The summed E-state index contributed by atoms with van der Waals surface area (Å²) in [4.78, 5) is 0. The molecule has 5 heteroatoms. The summed E-state index contributed by atoms with van der Waals surface area (Å²) in [6.45, 7) is 4.50. The van der Waals surface area contributed by atoms with E-state index in [4.69, 9.17) is 5.73 Å². The lowest BCUT2D eigenvalue weighted by Crippen LogP contribution is -2.04. The lowest BCUT2D eigenvalue weighted by molar-refractivity contribution is 0.499. The predicted octanol–water partition coefficient (Wildman–Crippen LogP) is 2.71. The number of aromatic nitrogens is 3. The lowest BCUT2D eigenvalue weighted by atomic mass is 10.0. The summed E-state index contributed by atoms with van der Waals surface area (Å²) in [6, 6.07) is 0. The van der Waals surface area contributed by atoms with E-state index in [2.05, 4.69) is 24.0 Å². The number of nitrogen functional groups attached to an aromatic ring is 1. The number of rotatable bonds is 7. The number of hydrogen-bond acceptors (Lipinski definition) is 4. The monoisotopic (exact) mass is 242 g/mol. The minimum absolute atomic E-state index is 0.490. The Morgan fingerprint density at radius 1 is 1.38 bits per heavy atom. The zero-order chi connectivity index (χ0) is 12.0. The molecule has 0 bridgehead atoms. The van der Waals surface area contributed by atoms with Crippen molar-refractivity contribution in [3.05, 3.63) is 0 Å². The van der Waals surface area contributed by atoms with Gasteiger partial charge in [0.05, 0.1) is 0 Å². The van der Waals surface area contributed by atoms with Gasteiger partial charge in [-0.25, -0.2) is 0 Å². The minimum Gasteiger partial charge on any atom is -0.368 e. The fraction of sp³-hybridized carbons (Fsp3) is 0.818. The SMILES string of the molecule is CCCCC(CC)CSc1nnc(N)n1C. The average molecular weight is 242 g/mol. The van der Waals surface area contributed by atoms with E-state index in [0.717, 1.165) is 16.8 Å². The van der Waals surface area contributed by atoms with Crippen molar-refractivity contribution in [2.75, 3.05) is 11.5 Å². The first kappa shape index (κ1) is 13.4. The first-order chi connectivity index (χ1) is 7.69. The molecule has 4 nitrogen and oxygen atoms in total. The number of nitrogens with two attached hydrogens (primary N) is 1. The van der Waals surface area contributed by atoms with Crippen molar-refractivity contribution in [1.82, 2.24) is 14.8 Å². The van der Waals surface area contributed by atoms with Crippen LogP contribution in [0, 0.1) is 5.92 Å². The number of anilines is 1. The van der Waals surface area contributed by atoms with Gasteiger partial charge in [-0.15, -0.1) is 10.2 Å². The van der Waals surface area contributed by atoms with Crippen LogP contribution >= 0.6 is 11.8 Å². The maximum atomic E-state index is 5.64. The van der Waals surface area contributed by atoms with E-state index in [9.17, 15) is 0 Å². The highest BCUT2D eigenvalue weighted by Crippen LogP contribution is 2.23. The Balaban J connectivity index is 2.40. The fourth-order valence-corrected chi connectivity index (χ4v) is 2.72. The van der Waals surface area contributed by atoms with Crippen LogP contribution in [0.25, 0.3) is 0 Å². The number of nitrogens with zero attached hydrogens (tertiary/aromatic N) is 3. The summed E-state index contributed by atoms with van der Waals surface area (Å²) in [7, 11) is 1.91. The molecule has 2 N–H and O–H groups in total. The molecule has 0 saturated heterocycles. The molecular formula is C11H22N4S. The molecule has 1 heterocycles. The first-order valence-corrected chi connectivity index (χ1v) is 6.95. The Kier molecular flexibility index (Phi) is 5.66. The van der Waals surface area contributed by atoms with Gasteiger partial charge in [0.2, 0.25) is 5.95 Å². The topological polar surface area (TPSA) is 56.7 Å². The zero-order valence-corrected chi connectivity index (χ0v) is 11.3. The highest BCUT2D eigenvalue weighted by atomic mass is 32.2. The summed E-state index contributed by atoms with van der Waals surface area (Å²) in [6.07, 6.45) is 5.14. The van der Waals surface area contributed by atoms with Crippen molar-refractivity contribution in [3.8, 4) is 0 Å². The third-order valence-electron chi connectivity index (χ3n) is 2.86. The highest BCUT2D eigenvalue weighted by molar-refractivity contribution is 7.99. The molecule has 0 aliphatic carbocycles. The Bertz CT molecular complexity index is 311. The van der Waals surface area contributed by atoms with Crippen LogP contribution in [0.15, 0.2) is 5.16 Å². The second-order valence-electron chi connectivity index (χ2n) is 4.13. The standard InChI is InChI=1S/C11H22N4S/c1-4-6-7-9(5-2)8-16-11-14-13-10(12)15(11)3/h9H,4-8H2,1-3H3,(H2,12,13). The minimum atomic E-state index is 0.490. The maximum absolute atomic E-state index is 5.64. The van der Waals surface area contributed by atoms with Gasteiger partial charge in [-0.2, -0.15) is 0 Å². The van der Waals surface area contributed by atoms with E-state index in [1.54, 1.807) is 11.8 Å². The van der Waals surface area contributed by atoms with E-state index in [-0.39, 0.29) is 0 Å². The Morgan fingerprint density at radius 3 is 2.62 bits per heavy atom. The van der Waals surface area contributed by atoms with Crippen molar-refractivity contribution in [2.45, 2.75) is 44.7 Å². The first-order valence-electron chi connectivity index (χ1n) is 5.96. The van der Waals surface area contributed by atoms with E-state index in [1.165, 1.54) is 25.7 Å². The average Bonchev–Trinajstić information content (AvgIpc) is 2.61. The highest BCUT2D eigenvalue weighted by Gasteiger charge is 2.10. The van der Waals surface area contributed by atoms with Gasteiger partial charge in [-0.1, -0.05) is 44.9 Å². The predicted molar refractivity (Wildman–Crippen MR) is 69.4 cm³/mol. The third kappa shape index (κ3) is 3.70. The van der Waals surface area contributed by atoms with E-state index in [1.807, 2.05) is 11.6 Å². The van der Waals surface area contributed by atoms with Crippen molar-refractivity contribution in [3.63, 3.8) is 0 Å². The molecule has 1 aromatic heterocycles. The molecule has 0 amide bonds. The molecule has 1 unspecified atom stereocenters. The summed E-state index contributed by atoms with van der Waals surface area (Å²) in [5, 5.41) is 8.83. The smallest absolute Gasteiger partial charge is 0.222 e. The Labute approximate surface area is 102 Å². The molecular weight excluding hydrogens is 220 g/mol. The van der Waals surface area contributed by atoms with Crippen LogP contribution in [0.3, 0.4) is 0 Å². The summed E-state index contributed by atoms with van der Waals surface area (Å²) >= 11 is 1.76. The van der Waals surface area contributed by atoms with Crippen LogP contribution in [0.1, 0.15) is 39.5 Å². The number of hydrogen-bond donors (Lipinski definition) is 1. The van der Waals surface area contributed by atoms with Gasteiger partial charge in [-0.3, -0.25) is 4.57 Å². The molecule has 1 rings (SSSR count). The molecule has 1 aromatic rings. The van der Waals surface area contributed by atoms with E-state index < -0.39 is 0 Å². The van der Waals surface area contributed by atoms with E-state index in [0.29, 0.717) is 5.95 Å². The number of thioether (sulfide) groups is 1. The van der Waals surface area contributed by atoms with Gasteiger partial charge >= 0.3 is 0 Å². The van der Waals surface area contributed by atoms with Crippen LogP contribution in [0.4, 0.5) is 5.95 Å². The molecule has 0 spiro atoms. The van der Waals surface area contributed by atoms with Crippen LogP contribution in [0.2, 0.25) is 0 Å². The molecule has 0 radical (unpaired) electrons.